The second-order valence-electron chi connectivity index (χ2n) is 6.31. The summed E-state index contributed by atoms with van der Waals surface area (Å²) >= 11 is 6.18. The Hall–Kier alpha value is -1.70. The first-order valence-electron chi connectivity index (χ1n) is 8.03. The van der Waals surface area contributed by atoms with Gasteiger partial charge < -0.3 is 11.1 Å². The van der Waals surface area contributed by atoms with Crippen molar-refractivity contribution < 1.29 is 13.6 Å². The highest BCUT2D eigenvalue weighted by Gasteiger charge is 2.34. The molecular formula is C17H20Cl2F2N4O. The molecule has 26 heavy (non-hydrogen) atoms. The molecule has 3 rings (SSSR count). The van der Waals surface area contributed by atoms with E-state index in [0.717, 1.165) is 29.8 Å². The Bertz CT molecular complexity index is 806. The summed E-state index contributed by atoms with van der Waals surface area (Å²) < 4.78 is 28.2. The summed E-state index contributed by atoms with van der Waals surface area (Å²) in [5.74, 6) is -3.51. The molecule has 1 amide bonds. The molecular weight excluding hydrogens is 385 g/mol. The van der Waals surface area contributed by atoms with Crippen LogP contribution in [0.3, 0.4) is 0 Å². The molecule has 1 fully saturated rings. The molecule has 3 N–H and O–H groups in total. The van der Waals surface area contributed by atoms with Crippen LogP contribution in [0.15, 0.2) is 24.4 Å². The zero-order valence-electron chi connectivity index (χ0n) is 14.1. The summed E-state index contributed by atoms with van der Waals surface area (Å²) in [5.41, 5.74) is 7.71. The number of carbonyl (C=O) groups is 1. The molecule has 1 aromatic carbocycles. The standard InChI is InChI=1S/C17H19ClF2N4O.ClH/c1-10-2-5-12(6-14(10)18)24-15(11-3-4-11)13(7-23-24)16(25)22-9-17(19,20)8-21;/h2,5-7,11H,3-4,8-9,21H2,1H3,(H,22,25);1H. The van der Waals surface area contributed by atoms with Crippen molar-refractivity contribution in [2.45, 2.75) is 31.6 Å². The molecule has 5 nitrogen and oxygen atoms in total. The van der Waals surface area contributed by atoms with Gasteiger partial charge in [0.05, 0.1) is 36.2 Å². The molecule has 1 aliphatic carbocycles. The van der Waals surface area contributed by atoms with Gasteiger partial charge in [-0.05, 0) is 37.5 Å². The fraction of sp³-hybridized carbons (Fsp3) is 0.412. The van der Waals surface area contributed by atoms with Crippen molar-refractivity contribution in [2.75, 3.05) is 13.1 Å². The van der Waals surface area contributed by atoms with Crippen molar-refractivity contribution in [1.82, 2.24) is 15.1 Å². The molecule has 0 unspecified atom stereocenters. The first kappa shape index (κ1) is 20.6. The van der Waals surface area contributed by atoms with Crippen molar-refractivity contribution in [3.63, 3.8) is 0 Å². The monoisotopic (exact) mass is 404 g/mol. The van der Waals surface area contributed by atoms with E-state index < -0.39 is 24.9 Å². The summed E-state index contributed by atoms with van der Waals surface area (Å²) in [7, 11) is 0. The summed E-state index contributed by atoms with van der Waals surface area (Å²) in [6.07, 6.45) is 3.28. The first-order chi connectivity index (χ1) is 11.8. The van der Waals surface area contributed by atoms with Crippen molar-refractivity contribution in [1.29, 1.82) is 0 Å². The van der Waals surface area contributed by atoms with Gasteiger partial charge in [0.1, 0.15) is 0 Å². The van der Waals surface area contributed by atoms with E-state index in [1.54, 1.807) is 10.7 Å². The molecule has 0 aliphatic heterocycles. The highest BCUT2D eigenvalue weighted by atomic mass is 35.5. The van der Waals surface area contributed by atoms with Crippen molar-refractivity contribution in [2.24, 2.45) is 5.73 Å². The molecule has 1 aliphatic rings. The van der Waals surface area contributed by atoms with Crippen LogP contribution in [0.5, 0.6) is 0 Å². The smallest absolute Gasteiger partial charge is 0.277 e. The van der Waals surface area contributed by atoms with Gasteiger partial charge in [0.25, 0.3) is 11.8 Å². The van der Waals surface area contributed by atoms with Gasteiger partial charge in [0, 0.05) is 10.9 Å². The Labute approximate surface area is 161 Å². The molecule has 142 valence electrons. The zero-order valence-corrected chi connectivity index (χ0v) is 15.7. The average Bonchev–Trinajstić information content (AvgIpc) is 3.33. The Morgan fingerprint density at radius 2 is 2.15 bits per heavy atom. The van der Waals surface area contributed by atoms with Crippen molar-refractivity contribution in [3.05, 3.63) is 46.2 Å². The lowest BCUT2D eigenvalue weighted by Gasteiger charge is -2.15. The number of aromatic nitrogens is 2. The van der Waals surface area contributed by atoms with Crippen LogP contribution >= 0.6 is 24.0 Å². The molecule has 1 saturated carbocycles. The molecule has 0 radical (unpaired) electrons. The maximum Gasteiger partial charge on any atom is 0.277 e. The predicted octanol–water partition coefficient (Wildman–Crippen LogP) is 3.46. The van der Waals surface area contributed by atoms with Crippen LogP contribution in [-0.2, 0) is 0 Å². The van der Waals surface area contributed by atoms with Crippen molar-refractivity contribution >= 4 is 29.9 Å². The van der Waals surface area contributed by atoms with Crippen LogP contribution in [0.4, 0.5) is 8.78 Å². The maximum atomic E-state index is 13.3. The minimum Gasteiger partial charge on any atom is -0.346 e. The third-order valence-corrected chi connectivity index (χ3v) is 4.63. The van der Waals surface area contributed by atoms with Crippen LogP contribution in [0, 0.1) is 6.92 Å². The highest BCUT2D eigenvalue weighted by Crippen LogP contribution is 2.42. The van der Waals surface area contributed by atoms with Crippen LogP contribution in [0.25, 0.3) is 5.69 Å². The third kappa shape index (κ3) is 4.34. The van der Waals surface area contributed by atoms with Gasteiger partial charge in [-0.25, -0.2) is 13.5 Å². The van der Waals surface area contributed by atoms with E-state index in [0.29, 0.717) is 10.6 Å². The Balaban J connectivity index is 0.00000243. The van der Waals surface area contributed by atoms with E-state index in [1.165, 1.54) is 6.20 Å². The number of hydrogen-bond acceptors (Lipinski definition) is 3. The zero-order chi connectivity index (χ0) is 18.2. The van der Waals surface area contributed by atoms with Gasteiger partial charge in [-0.2, -0.15) is 5.10 Å². The van der Waals surface area contributed by atoms with Crippen LogP contribution < -0.4 is 11.1 Å². The largest absolute Gasteiger partial charge is 0.346 e. The SMILES string of the molecule is Cc1ccc(-n2ncc(C(=O)NCC(F)(F)CN)c2C2CC2)cc1Cl.Cl. The number of nitrogens with two attached hydrogens (primary N) is 1. The number of rotatable bonds is 6. The van der Waals surface area contributed by atoms with Gasteiger partial charge in [-0.15, -0.1) is 12.4 Å². The maximum absolute atomic E-state index is 13.3. The van der Waals surface area contributed by atoms with Gasteiger partial charge in [-0.3, -0.25) is 4.79 Å². The fourth-order valence-corrected chi connectivity index (χ4v) is 2.75. The van der Waals surface area contributed by atoms with E-state index in [1.807, 2.05) is 19.1 Å². The van der Waals surface area contributed by atoms with E-state index in [2.05, 4.69) is 10.4 Å². The predicted molar refractivity (Wildman–Crippen MR) is 98.9 cm³/mol. The molecule has 1 heterocycles. The van der Waals surface area contributed by atoms with Crippen molar-refractivity contribution in [3.8, 4) is 5.69 Å². The lowest BCUT2D eigenvalue weighted by Crippen LogP contribution is -2.41. The Kier molecular flexibility index (Phi) is 6.26. The number of aryl methyl sites for hydroxylation is 1. The van der Waals surface area contributed by atoms with Crippen LogP contribution in [-0.4, -0.2) is 34.7 Å². The quantitative estimate of drug-likeness (QED) is 0.773. The second-order valence-corrected chi connectivity index (χ2v) is 6.71. The van der Waals surface area contributed by atoms with Gasteiger partial charge in [-0.1, -0.05) is 17.7 Å². The minimum atomic E-state index is -3.13. The fourth-order valence-electron chi connectivity index (χ4n) is 2.58. The molecule has 0 bridgehead atoms. The number of nitrogens with one attached hydrogen (secondary N) is 1. The lowest BCUT2D eigenvalue weighted by molar-refractivity contribution is 0.0118. The summed E-state index contributed by atoms with van der Waals surface area (Å²) in [5, 5.41) is 7.14. The number of hydrogen-bond donors (Lipinski definition) is 2. The van der Waals surface area contributed by atoms with E-state index in [-0.39, 0.29) is 18.3 Å². The van der Waals surface area contributed by atoms with Crippen LogP contribution in [0.1, 0.15) is 40.4 Å². The Morgan fingerprint density at radius 1 is 1.46 bits per heavy atom. The number of benzene rings is 1. The van der Waals surface area contributed by atoms with Gasteiger partial charge >= 0.3 is 0 Å². The number of alkyl halides is 2. The average molecular weight is 405 g/mol. The number of amides is 1. The van der Waals surface area contributed by atoms with Gasteiger partial charge in [0.15, 0.2) is 0 Å². The molecule has 0 atom stereocenters. The number of halogens is 4. The van der Waals surface area contributed by atoms with E-state index in [4.69, 9.17) is 17.3 Å². The molecule has 2 aromatic rings. The Morgan fingerprint density at radius 3 is 2.73 bits per heavy atom. The molecule has 0 spiro atoms. The number of nitrogens with zero attached hydrogens (tertiary/aromatic N) is 2. The second kappa shape index (κ2) is 7.90. The summed E-state index contributed by atoms with van der Waals surface area (Å²) in [6.45, 7) is 0.283. The normalized spacial score (nSPS) is 14.0. The van der Waals surface area contributed by atoms with Crippen LogP contribution in [0.2, 0.25) is 5.02 Å². The van der Waals surface area contributed by atoms with Gasteiger partial charge in [0.2, 0.25) is 0 Å². The van der Waals surface area contributed by atoms with E-state index in [9.17, 15) is 13.6 Å². The van der Waals surface area contributed by atoms with E-state index >= 15 is 0 Å². The summed E-state index contributed by atoms with van der Waals surface area (Å²) in [6, 6.07) is 5.52. The molecule has 1 aromatic heterocycles. The number of carbonyl (C=O) groups excluding carboxylic acids is 1. The summed E-state index contributed by atoms with van der Waals surface area (Å²) in [4.78, 5) is 12.4. The lowest BCUT2D eigenvalue weighted by atomic mass is 10.1. The highest BCUT2D eigenvalue weighted by molar-refractivity contribution is 6.31. The topological polar surface area (TPSA) is 72.9 Å². The minimum absolute atomic E-state index is 0. The molecule has 0 saturated heterocycles. The first-order valence-corrected chi connectivity index (χ1v) is 8.41. The third-order valence-electron chi connectivity index (χ3n) is 4.22. The molecule has 9 heteroatoms.